The van der Waals surface area contributed by atoms with Gasteiger partial charge in [-0.3, -0.25) is 9.89 Å². The van der Waals surface area contributed by atoms with Crippen molar-refractivity contribution in [2.75, 3.05) is 12.4 Å². The van der Waals surface area contributed by atoms with Crippen LogP contribution in [0.25, 0.3) is 0 Å². The molecule has 0 radical (unpaired) electrons. The first-order valence-corrected chi connectivity index (χ1v) is 6.53. The number of carbonyl (C=O) groups excluding carboxylic acids is 1. The monoisotopic (exact) mass is 258 g/mol. The Balaban J connectivity index is 2.48. The van der Waals surface area contributed by atoms with E-state index >= 15 is 0 Å². The van der Waals surface area contributed by atoms with Crippen LogP contribution in [-0.2, 0) is 9.53 Å². The Labute approximate surface area is 105 Å². The van der Waals surface area contributed by atoms with E-state index in [1.165, 1.54) is 18.1 Å². The number of esters is 1. The van der Waals surface area contributed by atoms with Gasteiger partial charge in [-0.25, -0.2) is 4.98 Å². The van der Waals surface area contributed by atoms with Crippen LogP contribution in [0.2, 0.25) is 0 Å². The average Bonchev–Trinajstić information content (AvgIpc) is 2.76. The van der Waals surface area contributed by atoms with Gasteiger partial charge in [0, 0.05) is 11.8 Å². The summed E-state index contributed by atoms with van der Waals surface area (Å²) in [7, 11) is 0. The van der Waals surface area contributed by atoms with Gasteiger partial charge in [0.05, 0.1) is 6.61 Å². The molecule has 0 bridgehead atoms. The molecule has 0 saturated heterocycles. The van der Waals surface area contributed by atoms with Crippen molar-refractivity contribution in [2.45, 2.75) is 38.0 Å². The number of rotatable bonds is 7. The van der Waals surface area contributed by atoms with E-state index in [2.05, 4.69) is 20.5 Å². The first-order chi connectivity index (χ1) is 8.13. The van der Waals surface area contributed by atoms with Crippen molar-refractivity contribution in [3.8, 4) is 0 Å². The fourth-order valence-corrected chi connectivity index (χ4v) is 2.05. The summed E-state index contributed by atoms with van der Waals surface area (Å²) in [5.41, 5.74) is 0. The molecule has 0 saturated carbocycles. The minimum absolute atomic E-state index is 0.222. The molecule has 1 aromatic rings. The number of nitrogens with zero attached hydrogens (tertiary/aromatic N) is 2. The highest BCUT2D eigenvalue weighted by molar-refractivity contribution is 7.99. The van der Waals surface area contributed by atoms with Crippen molar-refractivity contribution >= 4 is 17.7 Å². The maximum atomic E-state index is 11.7. The average molecular weight is 258 g/mol. The molecule has 0 aliphatic rings. The van der Waals surface area contributed by atoms with Crippen molar-refractivity contribution in [1.29, 1.82) is 0 Å². The zero-order valence-electron chi connectivity index (χ0n) is 10.3. The quantitative estimate of drug-likeness (QED) is 0.557. The standard InChI is InChI=1S/C10H18N4O2S/c1-4-16-9(15)8(13-7(2)3)5-17-10-11-6-12-14-10/h6-8,13H,4-5H2,1-3H3,(H,11,12,14). The number of H-pyrrole nitrogens is 1. The third kappa shape index (κ3) is 5.18. The summed E-state index contributed by atoms with van der Waals surface area (Å²) in [4.78, 5) is 15.7. The van der Waals surface area contributed by atoms with Gasteiger partial charge in [-0.1, -0.05) is 25.6 Å². The van der Waals surface area contributed by atoms with Crippen LogP contribution in [0, 0.1) is 0 Å². The molecule has 0 aliphatic heterocycles. The van der Waals surface area contributed by atoms with Crippen molar-refractivity contribution in [3.63, 3.8) is 0 Å². The van der Waals surface area contributed by atoms with E-state index in [9.17, 15) is 4.79 Å². The Morgan fingerprint density at radius 2 is 2.41 bits per heavy atom. The fraction of sp³-hybridized carbons (Fsp3) is 0.700. The van der Waals surface area contributed by atoms with Gasteiger partial charge in [-0.15, -0.1) is 0 Å². The van der Waals surface area contributed by atoms with E-state index in [0.29, 0.717) is 17.5 Å². The van der Waals surface area contributed by atoms with Crippen LogP contribution in [0.5, 0.6) is 0 Å². The molecule has 1 heterocycles. The molecule has 1 aromatic heterocycles. The molecule has 1 rings (SSSR count). The van der Waals surface area contributed by atoms with Crippen LogP contribution in [0.3, 0.4) is 0 Å². The number of ether oxygens (including phenoxy) is 1. The Kier molecular flexibility index (Phi) is 5.99. The maximum absolute atomic E-state index is 11.7. The van der Waals surface area contributed by atoms with E-state index in [1.54, 1.807) is 6.92 Å². The van der Waals surface area contributed by atoms with E-state index in [-0.39, 0.29) is 18.1 Å². The van der Waals surface area contributed by atoms with Gasteiger partial charge < -0.3 is 10.1 Å². The molecule has 0 spiro atoms. The van der Waals surface area contributed by atoms with Gasteiger partial charge in [-0.2, -0.15) is 5.10 Å². The summed E-state index contributed by atoms with van der Waals surface area (Å²) in [6.07, 6.45) is 1.44. The molecule has 17 heavy (non-hydrogen) atoms. The minimum atomic E-state index is -0.329. The molecule has 0 amide bonds. The first-order valence-electron chi connectivity index (χ1n) is 5.54. The molecule has 7 heteroatoms. The molecule has 6 nitrogen and oxygen atoms in total. The number of aromatic amines is 1. The molecule has 1 unspecified atom stereocenters. The summed E-state index contributed by atoms with van der Waals surface area (Å²) >= 11 is 1.44. The van der Waals surface area contributed by atoms with E-state index in [1.807, 2.05) is 13.8 Å². The van der Waals surface area contributed by atoms with Gasteiger partial charge in [0.25, 0.3) is 0 Å². The lowest BCUT2D eigenvalue weighted by atomic mass is 10.3. The zero-order valence-corrected chi connectivity index (χ0v) is 11.1. The topological polar surface area (TPSA) is 79.9 Å². The zero-order chi connectivity index (χ0) is 12.7. The molecule has 2 N–H and O–H groups in total. The summed E-state index contributed by atoms with van der Waals surface area (Å²) < 4.78 is 5.01. The highest BCUT2D eigenvalue weighted by atomic mass is 32.2. The van der Waals surface area contributed by atoms with E-state index in [4.69, 9.17) is 4.74 Å². The predicted molar refractivity (Wildman–Crippen MR) is 65.8 cm³/mol. The van der Waals surface area contributed by atoms with Crippen LogP contribution in [-0.4, -0.2) is 45.6 Å². The second-order valence-electron chi connectivity index (χ2n) is 3.73. The second kappa shape index (κ2) is 7.29. The van der Waals surface area contributed by atoms with Crippen molar-refractivity contribution in [3.05, 3.63) is 6.33 Å². The molecule has 0 fully saturated rings. The number of carbonyl (C=O) groups is 1. The largest absolute Gasteiger partial charge is 0.465 e. The minimum Gasteiger partial charge on any atom is -0.465 e. The Morgan fingerprint density at radius 3 is 2.94 bits per heavy atom. The normalized spacial score (nSPS) is 12.7. The van der Waals surface area contributed by atoms with Gasteiger partial charge in [0.1, 0.15) is 12.4 Å². The Morgan fingerprint density at radius 1 is 1.65 bits per heavy atom. The van der Waals surface area contributed by atoms with Crippen molar-refractivity contribution in [1.82, 2.24) is 20.5 Å². The number of hydrogen-bond acceptors (Lipinski definition) is 6. The predicted octanol–water partition coefficient (Wildman–Crippen LogP) is 0.826. The third-order valence-corrected chi connectivity index (χ3v) is 2.86. The molecule has 1 atom stereocenters. The lowest BCUT2D eigenvalue weighted by Crippen LogP contribution is -2.43. The van der Waals surface area contributed by atoms with E-state index in [0.717, 1.165) is 0 Å². The van der Waals surface area contributed by atoms with Gasteiger partial charge in [0.15, 0.2) is 5.16 Å². The molecule has 0 aliphatic carbocycles. The lowest BCUT2D eigenvalue weighted by molar-refractivity contribution is -0.145. The first kappa shape index (κ1) is 14.0. The highest BCUT2D eigenvalue weighted by Gasteiger charge is 2.21. The van der Waals surface area contributed by atoms with Crippen molar-refractivity contribution in [2.24, 2.45) is 0 Å². The molecule has 96 valence electrons. The molecule has 0 aromatic carbocycles. The van der Waals surface area contributed by atoms with Gasteiger partial charge >= 0.3 is 5.97 Å². The van der Waals surface area contributed by atoms with Crippen LogP contribution in [0.1, 0.15) is 20.8 Å². The van der Waals surface area contributed by atoms with Gasteiger partial charge in [0.2, 0.25) is 0 Å². The van der Waals surface area contributed by atoms with Crippen LogP contribution < -0.4 is 5.32 Å². The van der Waals surface area contributed by atoms with Crippen LogP contribution in [0.4, 0.5) is 0 Å². The number of thioether (sulfide) groups is 1. The Bertz CT molecular complexity index is 329. The summed E-state index contributed by atoms with van der Waals surface area (Å²) in [5, 5.41) is 10.4. The lowest BCUT2D eigenvalue weighted by Gasteiger charge is -2.18. The van der Waals surface area contributed by atoms with Gasteiger partial charge in [-0.05, 0) is 6.92 Å². The van der Waals surface area contributed by atoms with E-state index < -0.39 is 0 Å². The molecular weight excluding hydrogens is 240 g/mol. The maximum Gasteiger partial charge on any atom is 0.324 e. The Hall–Kier alpha value is -1.08. The number of hydrogen-bond donors (Lipinski definition) is 2. The summed E-state index contributed by atoms with van der Waals surface area (Å²) in [6.45, 7) is 6.17. The molecular formula is C10H18N4O2S. The second-order valence-corrected chi connectivity index (χ2v) is 4.74. The smallest absolute Gasteiger partial charge is 0.324 e. The fourth-order valence-electron chi connectivity index (χ4n) is 1.26. The SMILES string of the molecule is CCOC(=O)C(CSc1ncn[nH]1)NC(C)C. The van der Waals surface area contributed by atoms with Crippen LogP contribution in [0.15, 0.2) is 11.5 Å². The number of aromatic nitrogens is 3. The summed E-state index contributed by atoms with van der Waals surface area (Å²) in [6, 6.07) is -0.107. The summed E-state index contributed by atoms with van der Waals surface area (Å²) in [5.74, 6) is 0.333. The van der Waals surface area contributed by atoms with Crippen molar-refractivity contribution < 1.29 is 9.53 Å². The number of nitrogens with one attached hydrogen (secondary N) is 2. The highest BCUT2D eigenvalue weighted by Crippen LogP contribution is 2.13. The third-order valence-electron chi connectivity index (χ3n) is 1.89. The van der Waals surface area contributed by atoms with Crippen LogP contribution >= 0.6 is 11.8 Å².